The molecule has 1 aliphatic heterocycles. The number of nitrogens with zero attached hydrogens (tertiary/aromatic N) is 4. The summed E-state index contributed by atoms with van der Waals surface area (Å²) in [6, 6.07) is 56.2. The van der Waals surface area contributed by atoms with Gasteiger partial charge in [0.25, 0.3) is 0 Å². The minimum atomic E-state index is -2.20. The molecule has 0 amide bonds. The van der Waals surface area contributed by atoms with Gasteiger partial charge in [-0.3, -0.25) is 0 Å². The van der Waals surface area contributed by atoms with Crippen LogP contribution in [0.25, 0.3) is 72.2 Å². The molecule has 0 saturated heterocycles. The van der Waals surface area contributed by atoms with Crippen molar-refractivity contribution in [3.05, 3.63) is 175 Å². The Morgan fingerprint density at radius 1 is 0.500 bits per heavy atom. The van der Waals surface area contributed by atoms with Gasteiger partial charge in [-0.2, -0.15) is 0 Å². The van der Waals surface area contributed by atoms with Crippen LogP contribution in [0.15, 0.2) is 164 Å². The summed E-state index contributed by atoms with van der Waals surface area (Å²) in [5, 5.41) is 3.69. The molecule has 9 aromatic rings. The molecule has 0 fully saturated rings. The molecule has 0 N–H and O–H groups in total. The number of halogens is 1. The average Bonchev–Trinajstić information content (AvgIpc) is 3.68. The van der Waals surface area contributed by atoms with E-state index in [0.717, 1.165) is 27.7 Å². The second-order valence-corrected chi connectivity index (χ2v) is 16.9. The van der Waals surface area contributed by atoms with E-state index in [0.29, 0.717) is 5.82 Å². The van der Waals surface area contributed by atoms with E-state index >= 15 is 0 Å². The third kappa shape index (κ3) is 4.17. The number of pyridine rings is 1. The van der Waals surface area contributed by atoms with Crippen molar-refractivity contribution in [3.8, 4) is 39.5 Å². The molecule has 0 unspecified atom stereocenters. The van der Waals surface area contributed by atoms with E-state index in [1.54, 1.807) is 0 Å². The topological polar surface area (TPSA) is 43.6 Å². The van der Waals surface area contributed by atoms with Gasteiger partial charge in [-0.1, -0.05) is 0 Å². The Morgan fingerprint density at radius 3 is 2.06 bits per heavy atom. The first-order chi connectivity index (χ1) is 23.8. The molecular formula is C43H27IN4. The van der Waals surface area contributed by atoms with Crippen LogP contribution in [-0.4, -0.2) is 19.5 Å². The van der Waals surface area contributed by atoms with Gasteiger partial charge >= 0.3 is 286 Å². The zero-order valence-corrected chi connectivity index (χ0v) is 27.9. The Balaban J connectivity index is 1.16. The number of hydrogen-bond acceptors (Lipinski definition) is 3. The first kappa shape index (κ1) is 27.5. The number of fused-ring (bicyclic) bond motifs is 8. The van der Waals surface area contributed by atoms with E-state index in [1.165, 1.54) is 49.5 Å². The van der Waals surface area contributed by atoms with E-state index in [4.69, 9.17) is 15.0 Å². The van der Waals surface area contributed by atoms with Crippen LogP contribution in [0.5, 0.6) is 0 Å². The van der Waals surface area contributed by atoms with Gasteiger partial charge in [0.15, 0.2) is 0 Å². The molecule has 0 aliphatic carbocycles. The van der Waals surface area contributed by atoms with Crippen LogP contribution in [0.3, 0.4) is 0 Å². The summed E-state index contributed by atoms with van der Waals surface area (Å²) in [7, 11) is 0. The van der Waals surface area contributed by atoms with Crippen molar-refractivity contribution in [2.75, 3.05) is 0 Å². The normalized spacial score (nSPS) is 12.9. The van der Waals surface area contributed by atoms with E-state index in [-0.39, 0.29) is 0 Å². The predicted octanol–water partition coefficient (Wildman–Crippen LogP) is 10.9. The third-order valence-corrected chi connectivity index (χ3v) is 15.2. The first-order valence-corrected chi connectivity index (χ1v) is 19.3. The number of rotatable bonds is 4. The van der Waals surface area contributed by atoms with Gasteiger partial charge in [0.2, 0.25) is 0 Å². The van der Waals surface area contributed by atoms with Crippen molar-refractivity contribution in [1.82, 2.24) is 19.5 Å². The van der Waals surface area contributed by atoms with Crippen LogP contribution >= 0.6 is 19.8 Å². The molecule has 0 saturated carbocycles. The fraction of sp³-hybridized carbons (Fsp3) is 0. The van der Waals surface area contributed by atoms with Crippen LogP contribution in [0.1, 0.15) is 0 Å². The number of benzene rings is 6. The van der Waals surface area contributed by atoms with E-state index < -0.39 is 19.8 Å². The molecular weight excluding hydrogens is 699 g/mol. The van der Waals surface area contributed by atoms with E-state index in [1.807, 2.05) is 24.4 Å². The molecule has 6 aromatic carbocycles. The Labute approximate surface area is 284 Å². The van der Waals surface area contributed by atoms with Crippen LogP contribution < -0.4 is 0 Å². The molecule has 0 bridgehead atoms. The summed E-state index contributed by atoms with van der Waals surface area (Å²) in [5.41, 5.74) is 10.2. The van der Waals surface area contributed by atoms with Crippen LogP contribution in [-0.2, 0) is 0 Å². The summed E-state index contributed by atoms with van der Waals surface area (Å²) in [6.45, 7) is 0. The Morgan fingerprint density at radius 2 is 1.23 bits per heavy atom. The summed E-state index contributed by atoms with van der Waals surface area (Å²) >= 11 is -2.20. The maximum absolute atomic E-state index is 5.25. The number of aromatic nitrogens is 4. The molecule has 4 nitrogen and oxygen atoms in total. The van der Waals surface area contributed by atoms with Gasteiger partial charge in [-0.25, -0.2) is 0 Å². The molecule has 1 aliphatic rings. The first-order valence-electron chi connectivity index (χ1n) is 16.0. The predicted molar refractivity (Wildman–Crippen MR) is 205 cm³/mol. The number of para-hydroxylation sites is 3. The van der Waals surface area contributed by atoms with Gasteiger partial charge < -0.3 is 0 Å². The Kier molecular flexibility index (Phi) is 6.27. The van der Waals surface area contributed by atoms with Crippen LogP contribution in [0.4, 0.5) is 0 Å². The average molecular weight is 727 g/mol. The Hall–Kier alpha value is -5.66. The Bertz CT molecular complexity index is 2660. The van der Waals surface area contributed by atoms with Gasteiger partial charge in [0.05, 0.1) is 0 Å². The zero-order valence-electron chi connectivity index (χ0n) is 25.8. The van der Waals surface area contributed by atoms with Crippen molar-refractivity contribution < 1.29 is 0 Å². The molecule has 5 heteroatoms. The molecule has 3 aromatic heterocycles. The van der Waals surface area contributed by atoms with Crippen molar-refractivity contribution in [2.24, 2.45) is 0 Å². The van der Waals surface area contributed by atoms with Crippen molar-refractivity contribution >= 4 is 52.5 Å². The summed E-state index contributed by atoms with van der Waals surface area (Å²) in [5.74, 6) is 0.691. The van der Waals surface area contributed by atoms with E-state index in [9.17, 15) is 0 Å². The molecule has 0 spiro atoms. The van der Waals surface area contributed by atoms with Gasteiger partial charge in [-0.15, -0.1) is 0 Å². The van der Waals surface area contributed by atoms with Crippen molar-refractivity contribution in [2.45, 2.75) is 0 Å². The molecule has 0 radical (unpaired) electrons. The maximum atomic E-state index is 5.25. The second kappa shape index (κ2) is 11.0. The molecule has 4 heterocycles. The molecule has 10 rings (SSSR count). The van der Waals surface area contributed by atoms with Gasteiger partial charge in [0.1, 0.15) is 0 Å². The van der Waals surface area contributed by atoms with Crippen LogP contribution in [0.2, 0.25) is 0 Å². The zero-order chi connectivity index (χ0) is 31.6. The third-order valence-electron chi connectivity index (χ3n) is 9.18. The fourth-order valence-corrected chi connectivity index (χ4v) is 13.5. The minimum absolute atomic E-state index is 0.691. The molecule has 0 atom stereocenters. The van der Waals surface area contributed by atoms with Gasteiger partial charge in [0, 0.05) is 0 Å². The monoisotopic (exact) mass is 726 g/mol. The quantitative estimate of drug-likeness (QED) is 0.134. The summed E-state index contributed by atoms with van der Waals surface area (Å²) in [4.78, 5) is 15.4. The summed E-state index contributed by atoms with van der Waals surface area (Å²) < 4.78 is 6.49. The SMILES string of the molecule is c1ccc(-c2nc(-c3ccc(I4c5ccccc5-c5ccc6c(c54)c4ccccc4n6-c4ccccc4)nc3)nc3ccccc23)cc1. The molecule has 48 heavy (non-hydrogen) atoms. The van der Waals surface area contributed by atoms with E-state index in [2.05, 4.69) is 144 Å². The molecule has 226 valence electrons. The van der Waals surface area contributed by atoms with Crippen molar-refractivity contribution in [1.29, 1.82) is 0 Å². The number of hydrogen-bond donors (Lipinski definition) is 0. The second-order valence-electron chi connectivity index (χ2n) is 11.9. The summed E-state index contributed by atoms with van der Waals surface area (Å²) in [6.07, 6.45) is 1.99. The fourth-order valence-electron chi connectivity index (χ4n) is 7.07. The standard InChI is InChI=1S/C43H27IN4/c1-3-13-28(14-4-1)42-33-18-8-11-21-36(33)46-43(47-42)29-23-26-39(45-27-29)44-35-20-10-7-17-31(35)32-24-25-38-40(41(32)44)34-19-9-12-22-37(34)48(38)30-15-5-2-6-16-30/h1-27H. The van der Waals surface area contributed by atoms with Crippen molar-refractivity contribution in [3.63, 3.8) is 0 Å². The van der Waals surface area contributed by atoms with Gasteiger partial charge in [-0.05, 0) is 0 Å². The van der Waals surface area contributed by atoms with Crippen LogP contribution in [0, 0.1) is 10.8 Å².